The number of hydrogen-bond acceptors (Lipinski definition) is 10. The number of carbonyl (C=O) groups excluding carboxylic acids is 2. The van der Waals surface area contributed by atoms with E-state index < -0.39 is 89.0 Å². The Balaban J connectivity index is 1.26. The van der Waals surface area contributed by atoms with Crippen molar-refractivity contribution >= 4 is 29.3 Å². The predicted octanol–water partition coefficient (Wildman–Crippen LogP) is 8.28. The quantitative estimate of drug-likeness (QED) is 0.133. The average molecular weight is 889 g/mol. The molecule has 0 bridgehead atoms. The van der Waals surface area contributed by atoms with E-state index in [9.17, 15) is 29.7 Å². The molecule has 0 aliphatic carbocycles. The van der Waals surface area contributed by atoms with Gasteiger partial charge in [0.15, 0.2) is 11.6 Å². The fourth-order valence-electron chi connectivity index (χ4n) is 11.5. The average Bonchev–Trinajstić information content (AvgIpc) is 3.58. The maximum Gasteiger partial charge on any atom is 0.309 e. The van der Waals surface area contributed by atoms with Crippen LogP contribution >= 0.6 is 11.6 Å². The lowest BCUT2D eigenvalue weighted by Crippen LogP contribution is -2.65. The molecule has 0 aromatic heterocycles. The number of aliphatic hydroxyl groups excluding tert-OH is 1. The first-order chi connectivity index (χ1) is 29.2. The van der Waals surface area contributed by atoms with Crippen LogP contribution in [0.2, 0.25) is 5.02 Å². The number of carboxylic acids is 1. The highest BCUT2D eigenvalue weighted by molar-refractivity contribution is 6.33. The van der Waals surface area contributed by atoms with Crippen LogP contribution in [0.15, 0.2) is 36.4 Å². The molecule has 0 saturated carbocycles. The first kappa shape index (κ1) is 49.0. The van der Waals surface area contributed by atoms with Crippen LogP contribution in [0.3, 0.4) is 0 Å². The Morgan fingerprint density at radius 2 is 1.60 bits per heavy atom. The molecule has 13 heteroatoms. The molecule has 5 heterocycles. The molecule has 348 valence electrons. The number of Topliss-reactive ketones (excluding diaryl/α,β-unsaturated/α-hetero) is 1. The number of halogens is 1. The van der Waals surface area contributed by atoms with E-state index in [1.807, 2.05) is 53.7 Å². The molecule has 18 atom stereocenters. The maximum absolute atomic E-state index is 14.7. The molecule has 4 N–H and O–H groups in total. The molecule has 4 saturated heterocycles. The van der Waals surface area contributed by atoms with Gasteiger partial charge in [0.1, 0.15) is 11.8 Å². The highest BCUT2D eigenvalue weighted by atomic mass is 35.5. The number of ether oxygens (including phenoxy) is 5. The predicted molar refractivity (Wildman–Crippen MR) is 235 cm³/mol. The van der Waals surface area contributed by atoms with Gasteiger partial charge in [0.05, 0.1) is 64.3 Å². The van der Waals surface area contributed by atoms with Gasteiger partial charge in [-0.2, -0.15) is 0 Å². The second kappa shape index (κ2) is 19.2. The van der Waals surface area contributed by atoms with Crippen molar-refractivity contribution in [1.29, 1.82) is 0 Å². The van der Waals surface area contributed by atoms with Crippen molar-refractivity contribution in [2.45, 2.75) is 199 Å². The molecule has 5 aliphatic heterocycles. The fraction of sp³-hybridized carbons (Fsp3) is 0.776. The summed E-state index contributed by atoms with van der Waals surface area (Å²) in [6.45, 7) is 19.6. The van der Waals surface area contributed by atoms with Gasteiger partial charge in [-0.15, -0.1) is 0 Å². The smallest absolute Gasteiger partial charge is 0.309 e. The van der Waals surface area contributed by atoms with Crippen molar-refractivity contribution in [2.24, 2.45) is 41.4 Å². The lowest BCUT2D eigenvalue weighted by Gasteiger charge is -2.55. The van der Waals surface area contributed by atoms with Crippen LogP contribution in [0.4, 0.5) is 0 Å². The van der Waals surface area contributed by atoms with E-state index in [2.05, 4.69) is 26.1 Å². The third-order valence-electron chi connectivity index (χ3n) is 15.9. The number of carbonyl (C=O) groups is 3. The number of ketones is 1. The SMILES string of the molecule is CC[C@@H](C(=O)[C@@H](C)[C@@H](O)[C@H](C)[C@@H]1O[C@@H]([C@@H](CC)C(=O)O)CC[C@@H]1C)[C@H]1O[C@]2(C=C[C@@H](NC(=O)c3ccccc3Cl)[C@]3(CC[C@@](C)([C@H]4CC[C@](O)(CC)[C@H](C)O4)O3)O2)[C@H](C)C[C@@H]1C. The largest absolute Gasteiger partial charge is 0.481 e. The Hall–Kier alpha value is -2.42. The van der Waals surface area contributed by atoms with Crippen molar-refractivity contribution < 1.29 is 53.4 Å². The summed E-state index contributed by atoms with van der Waals surface area (Å²) >= 11 is 6.49. The van der Waals surface area contributed by atoms with E-state index in [0.717, 1.165) is 6.42 Å². The molecule has 2 spiro atoms. The molecular formula is C49H74ClNO11. The molecule has 1 aromatic carbocycles. The molecule has 62 heavy (non-hydrogen) atoms. The summed E-state index contributed by atoms with van der Waals surface area (Å²) < 4.78 is 34.6. The highest BCUT2D eigenvalue weighted by Gasteiger charge is 2.63. The van der Waals surface area contributed by atoms with Crippen molar-refractivity contribution in [2.75, 3.05) is 0 Å². The molecule has 1 aromatic rings. The van der Waals surface area contributed by atoms with Crippen molar-refractivity contribution in [3.8, 4) is 0 Å². The van der Waals surface area contributed by atoms with E-state index >= 15 is 0 Å². The topological polar surface area (TPSA) is 170 Å². The summed E-state index contributed by atoms with van der Waals surface area (Å²) in [7, 11) is 0. The minimum absolute atomic E-state index is 0.0365. The van der Waals surface area contributed by atoms with Gasteiger partial charge in [-0.05, 0) is 102 Å². The van der Waals surface area contributed by atoms with Gasteiger partial charge < -0.3 is 44.3 Å². The van der Waals surface area contributed by atoms with Gasteiger partial charge in [0.2, 0.25) is 0 Å². The second-order valence-electron chi connectivity index (χ2n) is 19.9. The van der Waals surface area contributed by atoms with E-state index in [4.69, 9.17) is 35.3 Å². The van der Waals surface area contributed by atoms with Crippen LogP contribution in [-0.4, -0.2) is 98.4 Å². The molecular weight excluding hydrogens is 814 g/mol. The summed E-state index contributed by atoms with van der Waals surface area (Å²) in [6, 6.07) is 6.13. The summed E-state index contributed by atoms with van der Waals surface area (Å²) in [4.78, 5) is 40.6. The summed E-state index contributed by atoms with van der Waals surface area (Å²) in [5.41, 5.74) is -1.44. The minimum atomic E-state index is -1.39. The van der Waals surface area contributed by atoms with Crippen molar-refractivity contribution in [1.82, 2.24) is 5.32 Å². The molecule has 1 amide bonds. The monoisotopic (exact) mass is 887 g/mol. The number of aliphatic hydroxyl groups is 2. The summed E-state index contributed by atoms with van der Waals surface area (Å²) in [5, 5.41) is 36.5. The van der Waals surface area contributed by atoms with E-state index in [1.165, 1.54) is 0 Å². The van der Waals surface area contributed by atoms with Crippen LogP contribution < -0.4 is 5.32 Å². The standard InChI is InChI=1S/C49H74ClNO11/c1-11-33(45(55)56)37-19-18-27(4)42(59-37)31(8)40(52)30(7)41(53)34(12-2)43-28(5)26-29(6)48(60-43)23-20-38(51-44(54)35-16-14-15-17-36(35)50)49(62-48)25-24-46(10,61-49)39-21-22-47(57,13-3)32(9)58-39/h14-17,20,23,27-34,37-40,42-43,52,57H,11-13,18-19,21-22,24-26H2,1-10H3,(H,51,54)(H,55,56)/t27-,28-,29+,30-,31-,32-,33+,34-,37+,38+,39+,40+,42+,43-,46-,47+,48-,49-/m0/s1. The summed E-state index contributed by atoms with van der Waals surface area (Å²) in [6.07, 6.45) is 6.26. The zero-order valence-electron chi connectivity index (χ0n) is 38.6. The van der Waals surface area contributed by atoms with Crippen LogP contribution in [0.5, 0.6) is 0 Å². The third-order valence-corrected chi connectivity index (χ3v) is 16.2. The number of nitrogens with one attached hydrogen (secondary N) is 1. The van der Waals surface area contributed by atoms with E-state index in [0.29, 0.717) is 68.4 Å². The first-order valence-corrected chi connectivity index (χ1v) is 23.9. The van der Waals surface area contributed by atoms with Gasteiger partial charge in [-0.1, -0.05) is 85.2 Å². The highest BCUT2D eigenvalue weighted by Crippen LogP contribution is 2.54. The zero-order valence-corrected chi connectivity index (χ0v) is 39.4. The number of rotatable bonds is 14. The number of carboxylic acid groups (broad SMARTS) is 1. The number of hydrogen-bond donors (Lipinski definition) is 4. The van der Waals surface area contributed by atoms with E-state index in [-0.39, 0.29) is 35.5 Å². The Morgan fingerprint density at radius 3 is 2.23 bits per heavy atom. The zero-order chi connectivity index (χ0) is 45.5. The lowest BCUT2D eigenvalue weighted by molar-refractivity contribution is -0.397. The van der Waals surface area contributed by atoms with E-state index in [1.54, 1.807) is 31.2 Å². The molecule has 12 nitrogen and oxygen atoms in total. The van der Waals surface area contributed by atoms with Crippen LogP contribution in [0.25, 0.3) is 0 Å². The third kappa shape index (κ3) is 9.33. The summed E-state index contributed by atoms with van der Waals surface area (Å²) in [5.74, 6) is -6.57. The fourth-order valence-corrected chi connectivity index (χ4v) is 11.8. The Kier molecular flexibility index (Phi) is 15.2. The van der Waals surface area contributed by atoms with Gasteiger partial charge >= 0.3 is 5.97 Å². The Labute approximate surface area is 374 Å². The number of amides is 1. The van der Waals surface area contributed by atoms with Crippen LogP contribution in [0, 0.1) is 41.4 Å². The minimum Gasteiger partial charge on any atom is -0.481 e. The number of benzene rings is 1. The molecule has 0 radical (unpaired) electrons. The molecule has 4 fully saturated rings. The maximum atomic E-state index is 14.7. The van der Waals surface area contributed by atoms with Gasteiger partial charge in [-0.25, -0.2) is 0 Å². The molecule has 0 unspecified atom stereocenters. The Bertz CT molecular complexity index is 1790. The molecule has 5 aliphatic rings. The second-order valence-corrected chi connectivity index (χ2v) is 20.3. The molecule has 6 rings (SSSR count). The van der Waals surface area contributed by atoms with Crippen LogP contribution in [-0.2, 0) is 33.3 Å². The van der Waals surface area contributed by atoms with Crippen LogP contribution in [0.1, 0.15) is 144 Å². The van der Waals surface area contributed by atoms with Gasteiger partial charge in [0.25, 0.3) is 5.91 Å². The van der Waals surface area contributed by atoms with Crippen molar-refractivity contribution in [3.63, 3.8) is 0 Å². The first-order valence-electron chi connectivity index (χ1n) is 23.5. The van der Waals surface area contributed by atoms with Crippen molar-refractivity contribution in [3.05, 3.63) is 47.0 Å². The van der Waals surface area contributed by atoms with Gasteiger partial charge in [-0.3, -0.25) is 14.4 Å². The Morgan fingerprint density at radius 1 is 0.903 bits per heavy atom. The number of aliphatic carboxylic acids is 1. The normalized spacial score (nSPS) is 41.0. The van der Waals surface area contributed by atoms with Gasteiger partial charge in [0, 0.05) is 30.1 Å². The lowest BCUT2D eigenvalue weighted by atomic mass is 9.72.